The minimum atomic E-state index is -1.79. The highest BCUT2D eigenvalue weighted by molar-refractivity contribution is 7.11. The molecular weight excluding hydrogens is 326 g/mol. The molecule has 0 aromatic carbocycles. The van der Waals surface area contributed by atoms with Gasteiger partial charge in [-0.15, -0.1) is 11.3 Å². The van der Waals surface area contributed by atoms with Gasteiger partial charge < -0.3 is 4.74 Å². The van der Waals surface area contributed by atoms with Crippen LogP contribution in [0.4, 0.5) is 4.79 Å². The Bertz CT molecular complexity index is 636. The van der Waals surface area contributed by atoms with Crippen LogP contribution in [-0.2, 0) is 9.53 Å². The van der Waals surface area contributed by atoms with Crippen molar-refractivity contribution in [2.45, 2.75) is 46.0 Å². The van der Waals surface area contributed by atoms with E-state index in [1.54, 1.807) is 11.3 Å². The summed E-state index contributed by atoms with van der Waals surface area (Å²) in [7, 11) is -1.79. The predicted octanol–water partition coefficient (Wildman–Crippen LogP) is 4.20. The average molecular weight is 352 g/mol. The Morgan fingerprint density at radius 1 is 1.26 bits per heavy atom. The van der Waals surface area contributed by atoms with Crippen molar-refractivity contribution in [2.24, 2.45) is 0 Å². The first-order chi connectivity index (χ1) is 10.5. The lowest BCUT2D eigenvalue weighted by molar-refractivity contribution is -0.116. The van der Waals surface area contributed by atoms with E-state index in [0.29, 0.717) is 6.54 Å². The van der Waals surface area contributed by atoms with Gasteiger partial charge in [-0.25, -0.2) is 4.79 Å². The Balaban J connectivity index is 2.39. The average Bonchev–Trinajstić information content (AvgIpc) is 2.87. The molecule has 4 nitrogen and oxygen atoms in total. The maximum absolute atomic E-state index is 12.8. The van der Waals surface area contributed by atoms with Gasteiger partial charge in [-0.2, -0.15) is 0 Å². The molecule has 0 N–H and O–H groups in total. The molecular formula is C17H25NO3SSi. The normalized spacial score (nSPS) is 16.8. The summed E-state index contributed by atoms with van der Waals surface area (Å²) in [5.74, 6) is 0.0599. The molecule has 2 heterocycles. The summed E-state index contributed by atoms with van der Waals surface area (Å²) in [6, 6.07) is 4.00. The van der Waals surface area contributed by atoms with Gasteiger partial charge >= 0.3 is 6.09 Å². The van der Waals surface area contributed by atoms with E-state index in [-0.39, 0.29) is 12.3 Å². The van der Waals surface area contributed by atoms with E-state index >= 15 is 0 Å². The second-order valence-corrected chi connectivity index (χ2v) is 13.8. The molecule has 2 rings (SSSR count). The molecule has 23 heavy (non-hydrogen) atoms. The van der Waals surface area contributed by atoms with Gasteiger partial charge in [0.2, 0.25) is 0 Å². The van der Waals surface area contributed by atoms with Gasteiger partial charge in [0.05, 0.1) is 21.2 Å². The molecule has 1 aliphatic rings. The third-order valence-corrected chi connectivity index (χ3v) is 6.49. The van der Waals surface area contributed by atoms with Gasteiger partial charge in [-0.1, -0.05) is 25.7 Å². The minimum Gasteiger partial charge on any atom is -0.444 e. The molecule has 6 heteroatoms. The van der Waals surface area contributed by atoms with E-state index in [2.05, 4.69) is 19.6 Å². The lowest BCUT2D eigenvalue weighted by Crippen LogP contribution is -2.47. The van der Waals surface area contributed by atoms with Crippen molar-refractivity contribution >= 4 is 36.9 Å². The van der Waals surface area contributed by atoms with E-state index in [4.69, 9.17) is 4.74 Å². The molecule has 1 aliphatic heterocycles. The molecule has 0 aliphatic carbocycles. The number of nitrogens with zero attached hydrogens (tertiary/aromatic N) is 1. The molecule has 0 fully saturated rings. The van der Waals surface area contributed by atoms with E-state index in [0.717, 1.165) is 15.6 Å². The summed E-state index contributed by atoms with van der Waals surface area (Å²) in [6.07, 6.45) is -0.422. The van der Waals surface area contributed by atoms with Gasteiger partial charge in [-0.05, 0) is 43.0 Å². The number of carbonyl (C=O) groups excluding carboxylic acids is 2. The fourth-order valence-electron chi connectivity index (χ4n) is 2.72. The van der Waals surface area contributed by atoms with Gasteiger partial charge in [0.1, 0.15) is 5.60 Å². The van der Waals surface area contributed by atoms with Gasteiger partial charge in [0.25, 0.3) is 0 Å². The highest BCUT2D eigenvalue weighted by Crippen LogP contribution is 2.33. The Morgan fingerprint density at radius 3 is 2.39 bits per heavy atom. The highest BCUT2D eigenvalue weighted by Gasteiger charge is 2.37. The van der Waals surface area contributed by atoms with Crippen LogP contribution >= 0.6 is 11.3 Å². The van der Waals surface area contributed by atoms with Crippen molar-refractivity contribution in [3.63, 3.8) is 0 Å². The standard InChI is InChI=1S/C17H25NO3SSi/c1-17(2,3)21-16(20)18-10-12(14-8-7-9-22-14)15(13(19)11-18)23(4,5)6/h7-9H,10-11H2,1-6H3. The largest absolute Gasteiger partial charge is 0.444 e. The molecule has 1 aromatic rings. The third kappa shape index (κ3) is 4.32. The van der Waals surface area contributed by atoms with Crippen molar-refractivity contribution in [3.8, 4) is 0 Å². The summed E-state index contributed by atoms with van der Waals surface area (Å²) in [6.45, 7) is 12.6. The van der Waals surface area contributed by atoms with Crippen LogP contribution in [0.3, 0.4) is 0 Å². The molecule has 0 radical (unpaired) electrons. The van der Waals surface area contributed by atoms with E-state index in [9.17, 15) is 9.59 Å². The summed E-state index contributed by atoms with van der Waals surface area (Å²) in [5, 5.41) is 2.96. The quantitative estimate of drug-likeness (QED) is 0.750. The lowest BCUT2D eigenvalue weighted by atomic mass is 10.1. The third-order valence-electron chi connectivity index (χ3n) is 3.48. The van der Waals surface area contributed by atoms with Crippen LogP contribution in [0.2, 0.25) is 19.6 Å². The molecule has 1 amide bonds. The van der Waals surface area contributed by atoms with Crippen LogP contribution in [-0.4, -0.2) is 43.5 Å². The number of ketones is 1. The van der Waals surface area contributed by atoms with Crippen molar-refractivity contribution < 1.29 is 14.3 Å². The molecule has 0 saturated heterocycles. The number of ether oxygens (including phenoxy) is 1. The Labute approximate surface area is 143 Å². The zero-order valence-corrected chi connectivity index (χ0v) is 16.5. The monoisotopic (exact) mass is 351 g/mol. The van der Waals surface area contributed by atoms with Crippen LogP contribution < -0.4 is 0 Å². The first-order valence-corrected chi connectivity index (χ1v) is 12.2. The van der Waals surface area contributed by atoms with Crippen molar-refractivity contribution in [1.29, 1.82) is 0 Å². The number of hydrogen-bond donors (Lipinski definition) is 0. The molecule has 0 bridgehead atoms. The summed E-state index contributed by atoms with van der Waals surface area (Å²) < 4.78 is 5.44. The van der Waals surface area contributed by atoms with Crippen molar-refractivity contribution in [2.75, 3.05) is 13.1 Å². The second-order valence-electron chi connectivity index (χ2n) is 7.84. The molecule has 0 saturated carbocycles. The van der Waals surface area contributed by atoms with Gasteiger partial charge in [-0.3, -0.25) is 9.69 Å². The van der Waals surface area contributed by atoms with Crippen molar-refractivity contribution in [1.82, 2.24) is 4.90 Å². The van der Waals surface area contributed by atoms with Crippen LogP contribution in [0.5, 0.6) is 0 Å². The topological polar surface area (TPSA) is 46.6 Å². The summed E-state index contributed by atoms with van der Waals surface area (Å²) in [5.41, 5.74) is 0.438. The number of hydrogen-bond acceptors (Lipinski definition) is 4. The Hall–Kier alpha value is -1.40. The van der Waals surface area contributed by atoms with Gasteiger partial charge in [0.15, 0.2) is 5.78 Å². The predicted molar refractivity (Wildman–Crippen MR) is 97.4 cm³/mol. The number of rotatable bonds is 2. The first kappa shape index (κ1) is 17.9. The number of thiophene rings is 1. The van der Waals surface area contributed by atoms with Gasteiger partial charge in [0, 0.05) is 4.88 Å². The molecule has 126 valence electrons. The molecule has 0 spiro atoms. The molecule has 0 atom stereocenters. The maximum atomic E-state index is 12.8. The smallest absolute Gasteiger partial charge is 0.411 e. The van der Waals surface area contributed by atoms with Crippen LogP contribution in [0.1, 0.15) is 25.6 Å². The van der Waals surface area contributed by atoms with Crippen molar-refractivity contribution in [3.05, 3.63) is 27.6 Å². The zero-order valence-electron chi connectivity index (χ0n) is 14.7. The zero-order chi connectivity index (χ0) is 17.4. The first-order valence-electron chi connectivity index (χ1n) is 7.77. The molecule has 0 unspecified atom stereocenters. The minimum absolute atomic E-state index is 0.0599. The number of amides is 1. The molecule has 1 aromatic heterocycles. The Morgan fingerprint density at radius 2 is 1.91 bits per heavy atom. The lowest BCUT2D eigenvalue weighted by Gasteiger charge is -2.35. The van der Waals surface area contributed by atoms with E-state index in [1.165, 1.54) is 4.90 Å². The van der Waals surface area contributed by atoms with Crippen LogP contribution in [0.15, 0.2) is 22.7 Å². The second kappa shape index (κ2) is 6.24. The summed E-state index contributed by atoms with van der Waals surface area (Å²) in [4.78, 5) is 27.7. The van der Waals surface area contributed by atoms with Crippen LogP contribution in [0.25, 0.3) is 5.57 Å². The van der Waals surface area contributed by atoms with E-state index < -0.39 is 19.8 Å². The maximum Gasteiger partial charge on any atom is 0.411 e. The fourth-order valence-corrected chi connectivity index (χ4v) is 5.62. The summed E-state index contributed by atoms with van der Waals surface area (Å²) >= 11 is 1.61. The highest BCUT2D eigenvalue weighted by atomic mass is 32.1. The number of Topliss-reactive ketones (excluding diaryl/α,β-unsaturated/α-hetero) is 1. The van der Waals surface area contributed by atoms with Crippen LogP contribution in [0, 0.1) is 0 Å². The fraction of sp³-hybridized carbons (Fsp3) is 0.529. The Kier molecular flexibility index (Phi) is 4.87. The van der Waals surface area contributed by atoms with E-state index in [1.807, 2.05) is 38.3 Å². The number of carbonyl (C=O) groups is 2. The SMILES string of the molecule is CC(C)(C)OC(=O)N1CC(=O)C([Si](C)(C)C)=C(c2cccs2)C1.